The van der Waals surface area contributed by atoms with Gasteiger partial charge < -0.3 is 14.2 Å². The predicted octanol–water partition coefficient (Wildman–Crippen LogP) is 9.07. The maximum absolute atomic E-state index is 6.56. The Bertz CT molecular complexity index is 495. The van der Waals surface area contributed by atoms with Gasteiger partial charge in [-0.2, -0.15) is 0 Å². The van der Waals surface area contributed by atoms with Crippen LogP contribution in [-0.2, 0) is 14.2 Å². The predicted molar refractivity (Wildman–Crippen MR) is 136 cm³/mol. The van der Waals surface area contributed by atoms with E-state index < -0.39 is 24.5 Å². The highest BCUT2D eigenvalue weighted by Crippen LogP contribution is 2.75. The minimum atomic E-state index is -0.977. The third-order valence-electron chi connectivity index (χ3n) is 4.73. The summed E-state index contributed by atoms with van der Waals surface area (Å²) in [5.41, 5.74) is -1.06. The minimum absolute atomic E-state index is 0.258. The molecule has 4 unspecified atom stereocenters. The van der Waals surface area contributed by atoms with Crippen molar-refractivity contribution in [3.05, 3.63) is 0 Å². The van der Waals surface area contributed by atoms with Crippen LogP contribution in [0, 0.1) is 10.8 Å². The lowest BCUT2D eigenvalue weighted by molar-refractivity contribution is -0.257. The molecule has 0 bridgehead atoms. The molecule has 4 atom stereocenters. The molecule has 0 aromatic rings. The molecule has 2 fully saturated rings. The Morgan fingerprint density at radius 3 is 1.20 bits per heavy atom. The van der Waals surface area contributed by atoms with E-state index in [9.17, 15) is 0 Å². The highest BCUT2D eigenvalue weighted by molar-refractivity contribution is 9.27. The molecule has 25 heavy (non-hydrogen) atoms. The molecule has 2 heterocycles. The van der Waals surface area contributed by atoms with Gasteiger partial charge in [-0.3, -0.25) is 0 Å². The number of hydrogen-bond donors (Lipinski definition) is 0. The molecule has 2 saturated heterocycles. The highest BCUT2D eigenvalue weighted by Gasteiger charge is 2.78. The SMILES string of the molecule is CCC1(C(Br)(Br)OC(Br)(Br)C2(CC)C(Br)OC2(Br)Br)C(Br)OC1(Br)Br. The van der Waals surface area contributed by atoms with Crippen LogP contribution in [0.25, 0.3) is 0 Å². The van der Waals surface area contributed by atoms with E-state index >= 15 is 0 Å². The van der Waals surface area contributed by atoms with E-state index in [-0.39, 0.29) is 10.0 Å². The fraction of sp³-hybridized carbons (Fsp3) is 1.00. The smallest absolute Gasteiger partial charge is 0.194 e. The molecule has 3 nitrogen and oxygen atoms in total. The van der Waals surface area contributed by atoms with Crippen molar-refractivity contribution in [1.29, 1.82) is 0 Å². The van der Waals surface area contributed by atoms with E-state index in [1.165, 1.54) is 0 Å². The summed E-state index contributed by atoms with van der Waals surface area (Å²) in [4.78, 5) is 0. The third kappa shape index (κ3) is 3.66. The van der Waals surface area contributed by atoms with Crippen molar-refractivity contribution in [2.24, 2.45) is 10.8 Å². The minimum Gasteiger partial charge on any atom is -0.337 e. The zero-order valence-electron chi connectivity index (χ0n) is 12.6. The maximum Gasteiger partial charge on any atom is 0.194 e. The first-order valence-electron chi connectivity index (χ1n) is 6.93. The van der Waals surface area contributed by atoms with E-state index in [0.717, 1.165) is 12.8 Å². The van der Waals surface area contributed by atoms with Crippen molar-refractivity contribution >= 4 is 159 Å². The van der Waals surface area contributed by atoms with Gasteiger partial charge in [0.05, 0.1) is 0 Å². The molecule has 0 saturated carbocycles. The summed E-state index contributed by atoms with van der Waals surface area (Å²) in [5.74, 6) is 0. The molecule has 0 amide bonds. The molecular weight excluding hydrogens is 991 g/mol. The van der Waals surface area contributed by atoms with Gasteiger partial charge in [-0.05, 0) is 140 Å². The van der Waals surface area contributed by atoms with Gasteiger partial charge >= 0.3 is 0 Å². The quantitative estimate of drug-likeness (QED) is 0.249. The molecule has 148 valence electrons. The second kappa shape index (κ2) is 8.23. The van der Waals surface area contributed by atoms with Crippen LogP contribution in [-0.4, -0.2) is 23.7 Å². The first kappa shape index (κ1) is 25.9. The monoisotopic (exact) mass is 993 g/mol. The van der Waals surface area contributed by atoms with E-state index in [1.807, 2.05) is 0 Å². The Kier molecular flexibility index (Phi) is 8.54. The average molecular weight is 1000 g/mol. The fourth-order valence-electron chi connectivity index (χ4n) is 2.91. The van der Waals surface area contributed by atoms with Crippen LogP contribution in [0.2, 0.25) is 0 Å². The molecule has 0 N–H and O–H groups in total. The van der Waals surface area contributed by atoms with Gasteiger partial charge in [0.15, 0.2) is 13.7 Å². The molecule has 0 spiro atoms. The summed E-state index contributed by atoms with van der Waals surface area (Å²) < 4.78 is 14.6. The summed E-state index contributed by atoms with van der Waals surface area (Å²) in [6.07, 6.45) is 1.46. The van der Waals surface area contributed by atoms with Crippen molar-refractivity contribution in [3.63, 3.8) is 0 Å². The molecule has 0 aromatic carbocycles. The van der Waals surface area contributed by atoms with Crippen LogP contribution < -0.4 is 0 Å². The number of hydrogen-bond acceptors (Lipinski definition) is 3. The number of alkyl halides is 10. The van der Waals surface area contributed by atoms with Gasteiger partial charge in [0.2, 0.25) is 0 Å². The number of ether oxygens (including phenoxy) is 3. The zero-order valence-corrected chi connectivity index (χ0v) is 28.4. The van der Waals surface area contributed by atoms with Crippen molar-refractivity contribution in [1.82, 2.24) is 0 Å². The van der Waals surface area contributed by atoms with Crippen molar-refractivity contribution in [2.75, 3.05) is 0 Å². The molecular formula is C12H12Br10O3. The van der Waals surface area contributed by atoms with E-state index in [4.69, 9.17) is 14.2 Å². The Balaban J connectivity index is 2.42. The van der Waals surface area contributed by atoms with Crippen LogP contribution >= 0.6 is 159 Å². The van der Waals surface area contributed by atoms with Crippen molar-refractivity contribution < 1.29 is 14.2 Å². The molecule has 0 aromatic heterocycles. The van der Waals surface area contributed by atoms with Gasteiger partial charge in [0.25, 0.3) is 0 Å². The third-order valence-corrected chi connectivity index (χ3v) is 13.7. The Hall–Kier alpha value is 4.68. The van der Waals surface area contributed by atoms with Crippen molar-refractivity contribution in [3.8, 4) is 0 Å². The van der Waals surface area contributed by atoms with Crippen LogP contribution in [0.5, 0.6) is 0 Å². The summed E-state index contributed by atoms with van der Waals surface area (Å²) in [5, 5.41) is -0.517. The topological polar surface area (TPSA) is 27.7 Å². The molecule has 0 radical (unpaired) electrons. The average Bonchev–Trinajstić information content (AvgIpc) is 2.35. The zero-order chi connectivity index (χ0) is 19.7. The summed E-state index contributed by atoms with van der Waals surface area (Å²) in [7, 11) is 0. The van der Waals surface area contributed by atoms with Gasteiger partial charge in [0, 0.05) is 0 Å². The van der Waals surface area contributed by atoms with Gasteiger partial charge in [0.1, 0.15) is 20.9 Å². The Morgan fingerprint density at radius 2 is 1.04 bits per heavy atom. The number of rotatable bonds is 6. The van der Waals surface area contributed by atoms with Gasteiger partial charge in [-0.15, -0.1) is 0 Å². The second-order valence-corrected chi connectivity index (χ2v) is 20.5. The molecule has 2 rings (SSSR count). The number of halogens is 10. The first-order valence-corrected chi connectivity index (χ1v) is 15.1. The fourth-order valence-corrected chi connectivity index (χ4v) is 19.7. The Morgan fingerprint density at radius 1 is 0.760 bits per heavy atom. The molecule has 0 aliphatic carbocycles. The van der Waals surface area contributed by atoms with Crippen LogP contribution in [0.3, 0.4) is 0 Å². The molecule has 2 aliphatic heterocycles. The lowest BCUT2D eigenvalue weighted by atomic mass is 9.82. The van der Waals surface area contributed by atoms with E-state index in [1.54, 1.807) is 0 Å². The largest absolute Gasteiger partial charge is 0.337 e. The molecule has 13 heteroatoms. The summed E-state index contributed by atoms with van der Waals surface area (Å²) in [6.45, 7) is 4.13. The van der Waals surface area contributed by atoms with E-state index in [2.05, 4.69) is 173 Å². The van der Waals surface area contributed by atoms with Crippen LogP contribution in [0.15, 0.2) is 0 Å². The lowest BCUT2D eigenvalue weighted by Crippen LogP contribution is -2.72. The Labute approximate surface area is 231 Å². The summed E-state index contributed by atoms with van der Waals surface area (Å²) >= 11 is 36.6. The van der Waals surface area contributed by atoms with E-state index in [0.29, 0.717) is 0 Å². The van der Waals surface area contributed by atoms with Gasteiger partial charge in [-0.1, -0.05) is 45.7 Å². The standard InChI is InChI=1S/C12H12Br10O3/c1-3-7(5(13)23-9(7,15)16)11(19,20)25-12(21,22)8(4-2)6(14)24-10(8,17)18/h5-6H,3-4H2,1-2H3. The molecule has 2 aliphatic rings. The van der Waals surface area contributed by atoms with Crippen molar-refractivity contribution in [2.45, 2.75) is 50.4 Å². The second-order valence-electron chi connectivity index (χ2n) is 5.69. The van der Waals surface area contributed by atoms with Gasteiger partial charge in [-0.25, -0.2) is 0 Å². The lowest BCUT2D eigenvalue weighted by Gasteiger charge is -2.64. The van der Waals surface area contributed by atoms with Crippen LogP contribution in [0.4, 0.5) is 0 Å². The summed E-state index contributed by atoms with van der Waals surface area (Å²) in [6, 6.07) is 0. The van der Waals surface area contributed by atoms with Crippen LogP contribution in [0.1, 0.15) is 26.7 Å². The normalized spacial score (nSPS) is 40.3. The highest BCUT2D eigenvalue weighted by atomic mass is 79.9. The first-order chi connectivity index (χ1) is 11.1. The maximum atomic E-state index is 6.56.